The van der Waals surface area contributed by atoms with Crippen molar-refractivity contribution in [2.24, 2.45) is 0 Å². The molecule has 20 heavy (non-hydrogen) atoms. The lowest BCUT2D eigenvalue weighted by Crippen LogP contribution is -2.07. The fourth-order valence-electron chi connectivity index (χ4n) is 2.65. The van der Waals surface area contributed by atoms with Gasteiger partial charge in [-0.05, 0) is 36.1 Å². The number of fused-ring (bicyclic) bond motifs is 1. The van der Waals surface area contributed by atoms with E-state index >= 15 is 0 Å². The smallest absolute Gasteiger partial charge is 0.306 e. The van der Waals surface area contributed by atoms with Crippen molar-refractivity contribution in [2.75, 3.05) is 5.32 Å². The predicted octanol–water partition coefficient (Wildman–Crippen LogP) is 3.83. The molecule has 2 aromatic rings. The van der Waals surface area contributed by atoms with Crippen molar-refractivity contribution in [1.82, 2.24) is 0 Å². The zero-order valence-electron chi connectivity index (χ0n) is 10.7. The summed E-state index contributed by atoms with van der Waals surface area (Å²) in [6.07, 6.45) is 1.92. The van der Waals surface area contributed by atoms with Crippen LogP contribution in [0.5, 0.6) is 0 Å². The lowest BCUT2D eigenvalue weighted by Gasteiger charge is -2.15. The Morgan fingerprint density at radius 1 is 1.25 bits per heavy atom. The Labute approximate surface area is 115 Å². The van der Waals surface area contributed by atoms with E-state index in [1.165, 1.54) is 23.3 Å². The molecule has 1 N–H and O–H groups in total. The molecule has 5 heteroatoms. The molecule has 1 atom stereocenters. The van der Waals surface area contributed by atoms with Crippen molar-refractivity contribution in [3.63, 3.8) is 0 Å². The Hall–Kier alpha value is -2.43. The Kier molecular flexibility index (Phi) is 3.10. The number of anilines is 1. The lowest BCUT2D eigenvalue weighted by atomic mass is 10.1. The summed E-state index contributed by atoms with van der Waals surface area (Å²) in [7, 11) is 0. The van der Waals surface area contributed by atoms with Crippen LogP contribution in [0.2, 0.25) is 0 Å². The first kappa shape index (κ1) is 12.6. The quantitative estimate of drug-likeness (QED) is 0.682. The van der Waals surface area contributed by atoms with E-state index in [2.05, 4.69) is 17.4 Å². The summed E-state index contributed by atoms with van der Waals surface area (Å²) < 4.78 is 13.3. The molecule has 4 nitrogen and oxygen atoms in total. The summed E-state index contributed by atoms with van der Waals surface area (Å²) in [5.74, 6) is -0.813. The molecule has 1 aliphatic rings. The highest BCUT2D eigenvalue weighted by Gasteiger charge is 2.22. The summed E-state index contributed by atoms with van der Waals surface area (Å²) in [6.45, 7) is 0. The average molecular weight is 272 g/mol. The van der Waals surface area contributed by atoms with Crippen LogP contribution in [0.4, 0.5) is 15.8 Å². The van der Waals surface area contributed by atoms with Crippen LogP contribution in [0.3, 0.4) is 0 Å². The molecule has 102 valence electrons. The van der Waals surface area contributed by atoms with Gasteiger partial charge >= 0.3 is 5.69 Å². The Morgan fingerprint density at radius 3 is 2.85 bits per heavy atom. The minimum Gasteiger partial charge on any atom is -0.378 e. The molecule has 0 fully saturated rings. The van der Waals surface area contributed by atoms with Gasteiger partial charge in [-0.2, -0.15) is 4.39 Å². The Balaban J connectivity index is 1.86. The molecule has 0 spiro atoms. The van der Waals surface area contributed by atoms with Gasteiger partial charge in [0.1, 0.15) is 0 Å². The van der Waals surface area contributed by atoms with Crippen LogP contribution in [-0.2, 0) is 6.42 Å². The van der Waals surface area contributed by atoms with E-state index in [-0.39, 0.29) is 6.04 Å². The van der Waals surface area contributed by atoms with E-state index in [1.54, 1.807) is 0 Å². The zero-order valence-corrected chi connectivity index (χ0v) is 10.7. The topological polar surface area (TPSA) is 55.2 Å². The Bertz CT molecular complexity index is 673. The summed E-state index contributed by atoms with van der Waals surface area (Å²) in [5.41, 5.74) is 2.57. The number of nitrogens with zero attached hydrogens (tertiary/aromatic N) is 1. The van der Waals surface area contributed by atoms with Crippen LogP contribution in [0.15, 0.2) is 42.5 Å². The summed E-state index contributed by atoms with van der Waals surface area (Å²) >= 11 is 0. The molecule has 0 bridgehead atoms. The fourth-order valence-corrected chi connectivity index (χ4v) is 2.65. The molecule has 0 heterocycles. The van der Waals surface area contributed by atoms with Crippen molar-refractivity contribution in [1.29, 1.82) is 0 Å². The van der Waals surface area contributed by atoms with E-state index < -0.39 is 16.4 Å². The van der Waals surface area contributed by atoms with Crippen molar-refractivity contribution < 1.29 is 9.31 Å². The van der Waals surface area contributed by atoms with Gasteiger partial charge in [0, 0.05) is 11.8 Å². The number of nitro groups is 1. The van der Waals surface area contributed by atoms with Crippen molar-refractivity contribution >= 4 is 11.4 Å². The monoisotopic (exact) mass is 272 g/mol. The SMILES string of the molecule is O=[N+]([O-])c1cc(NC2CCc3ccccc32)ccc1F. The molecule has 1 unspecified atom stereocenters. The third-order valence-electron chi connectivity index (χ3n) is 3.62. The molecule has 3 rings (SSSR count). The second-order valence-corrected chi connectivity index (χ2v) is 4.86. The van der Waals surface area contributed by atoms with Gasteiger partial charge in [-0.3, -0.25) is 10.1 Å². The number of hydrogen-bond acceptors (Lipinski definition) is 3. The van der Waals surface area contributed by atoms with Gasteiger partial charge in [-0.15, -0.1) is 0 Å². The molecule has 0 saturated heterocycles. The third-order valence-corrected chi connectivity index (χ3v) is 3.62. The predicted molar refractivity (Wildman–Crippen MR) is 74.2 cm³/mol. The number of rotatable bonds is 3. The number of halogens is 1. The maximum absolute atomic E-state index is 13.3. The lowest BCUT2D eigenvalue weighted by molar-refractivity contribution is -0.387. The number of aryl methyl sites for hydroxylation is 1. The van der Waals surface area contributed by atoms with Crippen LogP contribution in [0.25, 0.3) is 0 Å². The number of nitro benzene ring substituents is 1. The average Bonchev–Trinajstić information content (AvgIpc) is 2.84. The van der Waals surface area contributed by atoms with Crippen LogP contribution in [-0.4, -0.2) is 4.92 Å². The largest absolute Gasteiger partial charge is 0.378 e. The van der Waals surface area contributed by atoms with Gasteiger partial charge in [0.15, 0.2) is 0 Å². The molecule has 2 aromatic carbocycles. The maximum Gasteiger partial charge on any atom is 0.306 e. The highest BCUT2D eigenvalue weighted by molar-refractivity contribution is 5.54. The molecule has 0 saturated carbocycles. The second-order valence-electron chi connectivity index (χ2n) is 4.86. The molecule has 1 aliphatic carbocycles. The number of hydrogen-bond donors (Lipinski definition) is 1. The number of nitrogens with one attached hydrogen (secondary N) is 1. The van der Waals surface area contributed by atoms with E-state index in [9.17, 15) is 14.5 Å². The first-order valence-electron chi connectivity index (χ1n) is 6.43. The van der Waals surface area contributed by atoms with Crippen LogP contribution >= 0.6 is 0 Å². The summed E-state index contributed by atoms with van der Waals surface area (Å²) in [5, 5.41) is 14.0. The first-order chi connectivity index (χ1) is 9.65. The molecule has 0 radical (unpaired) electrons. The highest BCUT2D eigenvalue weighted by atomic mass is 19.1. The van der Waals surface area contributed by atoms with Crippen LogP contribution in [0, 0.1) is 15.9 Å². The molecule has 0 aliphatic heterocycles. The molecular weight excluding hydrogens is 259 g/mol. The van der Waals surface area contributed by atoms with Gasteiger partial charge < -0.3 is 5.32 Å². The van der Waals surface area contributed by atoms with Crippen molar-refractivity contribution in [3.05, 3.63) is 69.5 Å². The Morgan fingerprint density at radius 2 is 2.05 bits per heavy atom. The van der Waals surface area contributed by atoms with Crippen molar-refractivity contribution in [3.8, 4) is 0 Å². The normalized spacial score (nSPS) is 16.8. The summed E-state index contributed by atoms with van der Waals surface area (Å²) in [6, 6.07) is 12.1. The minimum atomic E-state index is -0.813. The molecular formula is C15H13FN2O2. The van der Waals surface area contributed by atoms with Gasteiger partial charge in [0.2, 0.25) is 5.82 Å². The highest BCUT2D eigenvalue weighted by Crippen LogP contribution is 2.34. The number of benzene rings is 2. The van der Waals surface area contributed by atoms with Gasteiger partial charge in [-0.1, -0.05) is 24.3 Å². The second kappa shape index (κ2) is 4.92. The molecule has 0 aromatic heterocycles. The summed E-state index contributed by atoms with van der Waals surface area (Å²) in [4.78, 5) is 10.0. The fraction of sp³-hybridized carbons (Fsp3) is 0.200. The minimum absolute atomic E-state index is 0.122. The van der Waals surface area contributed by atoms with Gasteiger partial charge in [-0.25, -0.2) is 0 Å². The van der Waals surface area contributed by atoms with Gasteiger partial charge in [0.05, 0.1) is 11.0 Å². The van der Waals surface area contributed by atoms with E-state index in [4.69, 9.17) is 0 Å². The van der Waals surface area contributed by atoms with E-state index in [1.807, 2.05) is 12.1 Å². The van der Waals surface area contributed by atoms with E-state index in [0.717, 1.165) is 18.9 Å². The van der Waals surface area contributed by atoms with Crippen LogP contribution in [0.1, 0.15) is 23.6 Å². The third kappa shape index (κ3) is 2.22. The van der Waals surface area contributed by atoms with Crippen molar-refractivity contribution in [2.45, 2.75) is 18.9 Å². The van der Waals surface area contributed by atoms with E-state index in [0.29, 0.717) is 5.69 Å². The standard InChI is InChI=1S/C15H13FN2O2/c16-13-7-6-11(9-15(13)18(19)20)17-14-8-5-10-3-1-2-4-12(10)14/h1-4,6-7,9,14,17H,5,8H2. The first-order valence-corrected chi connectivity index (χ1v) is 6.43. The molecule has 0 amide bonds. The maximum atomic E-state index is 13.3. The van der Waals surface area contributed by atoms with Gasteiger partial charge in [0.25, 0.3) is 0 Å². The van der Waals surface area contributed by atoms with Crippen LogP contribution < -0.4 is 5.32 Å². The zero-order chi connectivity index (χ0) is 14.1.